The van der Waals surface area contributed by atoms with Gasteiger partial charge in [0.15, 0.2) is 0 Å². The minimum Gasteiger partial charge on any atom is -0.232 e. The van der Waals surface area contributed by atoms with Crippen LogP contribution < -0.4 is 0 Å². The van der Waals surface area contributed by atoms with Crippen LogP contribution >= 0.6 is 15.9 Å². The van der Waals surface area contributed by atoms with Crippen LogP contribution in [0.25, 0.3) is 11.3 Å². The van der Waals surface area contributed by atoms with Crippen molar-refractivity contribution in [1.82, 2.24) is 9.97 Å². The predicted molar refractivity (Wildman–Crippen MR) is 83.3 cm³/mol. The summed E-state index contributed by atoms with van der Waals surface area (Å²) in [5, 5.41) is 0. The highest BCUT2D eigenvalue weighted by Gasteiger charge is 2.19. The molecule has 0 fully saturated rings. The largest absolute Gasteiger partial charge is 0.232 e. The molecule has 0 aliphatic carbocycles. The summed E-state index contributed by atoms with van der Waals surface area (Å²) in [6.45, 7) is 10.6. The summed E-state index contributed by atoms with van der Waals surface area (Å²) >= 11 is 3.49. The molecule has 1 aromatic heterocycles. The number of rotatable bonds is 1. The predicted octanol–water partition coefficient (Wildman–Crippen LogP) is 4.82. The van der Waals surface area contributed by atoms with Crippen LogP contribution in [0.4, 0.5) is 0 Å². The fourth-order valence-corrected chi connectivity index (χ4v) is 2.30. The Bertz CT molecular complexity index is 613. The van der Waals surface area contributed by atoms with Crippen LogP contribution in [-0.4, -0.2) is 9.97 Å². The van der Waals surface area contributed by atoms with Crippen LogP contribution in [0.15, 0.2) is 28.9 Å². The average Bonchev–Trinajstić information content (AvgIpc) is 2.31. The lowest BCUT2D eigenvalue weighted by Crippen LogP contribution is -2.16. The molecule has 2 aromatic rings. The Morgan fingerprint density at radius 1 is 1.05 bits per heavy atom. The summed E-state index contributed by atoms with van der Waals surface area (Å²) in [5.74, 6) is 0.859. The quantitative estimate of drug-likeness (QED) is 0.704. The molecule has 0 aliphatic rings. The molecule has 0 bridgehead atoms. The molecule has 0 N–H and O–H groups in total. The van der Waals surface area contributed by atoms with E-state index < -0.39 is 0 Å². The average molecular weight is 319 g/mol. The van der Waals surface area contributed by atoms with Gasteiger partial charge in [0.25, 0.3) is 0 Å². The Morgan fingerprint density at radius 3 is 2.37 bits per heavy atom. The SMILES string of the molecule is Cc1cccc(-c2cc(Br)nc(C(C)(C)C)n2)c1C. The van der Waals surface area contributed by atoms with Crippen molar-refractivity contribution in [2.24, 2.45) is 0 Å². The topological polar surface area (TPSA) is 25.8 Å². The van der Waals surface area contributed by atoms with Crippen molar-refractivity contribution < 1.29 is 0 Å². The normalized spacial score (nSPS) is 11.7. The molecule has 100 valence electrons. The van der Waals surface area contributed by atoms with Gasteiger partial charge in [0.05, 0.1) is 5.69 Å². The van der Waals surface area contributed by atoms with Gasteiger partial charge in [0, 0.05) is 11.0 Å². The summed E-state index contributed by atoms with van der Waals surface area (Å²) in [4.78, 5) is 9.22. The standard InChI is InChI=1S/C16H19BrN2/c1-10-7-6-8-12(11(10)2)13-9-14(17)19-15(18-13)16(3,4)5/h6-9H,1-5H3. The van der Waals surface area contributed by atoms with Crippen LogP contribution in [0.5, 0.6) is 0 Å². The van der Waals surface area contributed by atoms with E-state index in [-0.39, 0.29) is 5.41 Å². The highest BCUT2D eigenvalue weighted by Crippen LogP contribution is 2.28. The number of aryl methyl sites for hydroxylation is 1. The molecule has 1 heterocycles. The maximum atomic E-state index is 4.74. The van der Waals surface area contributed by atoms with Gasteiger partial charge in [0.1, 0.15) is 10.4 Å². The van der Waals surface area contributed by atoms with Gasteiger partial charge in [-0.25, -0.2) is 9.97 Å². The molecule has 0 radical (unpaired) electrons. The summed E-state index contributed by atoms with van der Waals surface area (Å²) in [5.41, 5.74) is 4.65. The van der Waals surface area contributed by atoms with E-state index in [9.17, 15) is 0 Å². The first-order chi connectivity index (χ1) is 8.79. The third kappa shape index (κ3) is 3.03. The summed E-state index contributed by atoms with van der Waals surface area (Å²) < 4.78 is 0.836. The molecule has 0 spiro atoms. The lowest BCUT2D eigenvalue weighted by atomic mass is 9.95. The molecular formula is C16H19BrN2. The second-order valence-electron chi connectivity index (χ2n) is 5.90. The van der Waals surface area contributed by atoms with Crippen molar-refractivity contribution >= 4 is 15.9 Å². The fraction of sp³-hybridized carbons (Fsp3) is 0.375. The Morgan fingerprint density at radius 2 is 1.74 bits per heavy atom. The second-order valence-corrected chi connectivity index (χ2v) is 6.71. The minimum absolute atomic E-state index is 0.0593. The number of benzene rings is 1. The highest BCUT2D eigenvalue weighted by atomic mass is 79.9. The van der Waals surface area contributed by atoms with Crippen molar-refractivity contribution in [2.45, 2.75) is 40.0 Å². The van der Waals surface area contributed by atoms with Crippen LogP contribution in [0.2, 0.25) is 0 Å². The zero-order valence-electron chi connectivity index (χ0n) is 12.1. The first-order valence-electron chi connectivity index (χ1n) is 6.40. The molecule has 19 heavy (non-hydrogen) atoms. The lowest BCUT2D eigenvalue weighted by molar-refractivity contribution is 0.544. The van der Waals surface area contributed by atoms with Gasteiger partial charge >= 0.3 is 0 Å². The maximum Gasteiger partial charge on any atom is 0.135 e. The first kappa shape index (κ1) is 14.2. The summed E-state index contributed by atoms with van der Waals surface area (Å²) in [6.07, 6.45) is 0. The van der Waals surface area contributed by atoms with E-state index in [2.05, 4.69) is 73.7 Å². The van der Waals surface area contributed by atoms with Gasteiger partial charge < -0.3 is 0 Å². The molecule has 0 aliphatic heterocycles. The van der Waals surface area contributed by atoms with E-state index in [1.54, 1.807) is 0 Å². The molecule has 0 unspecified atom stereocenters. The van der Waals surface area contributed by atoms with Gasteiger partial charge in [-0.3, -0.25) is 0 Å². The van der Waals surface area contributed by atoms with Gasteiger partial charge in [-0.1, -0.05) is 39.0 Å². The molecule has 1 aromatic carbocycles. The van der Waals surface area contributed by atoms with Crippen molar-refractivity contribution in [2.75, 3.05) is 0 Å². The van der Waals surface area contributed by atoms with E-state index in [4.69, 9.17) is 4.98 Å². The third-order valence-corrected chi connectivity index (χ3v) is 3.65. The first-order valence-corrected chi connectivity index (χ1v) is 7.20. The smallest absolute Gasteiger partial charge is 0.135 e. The monoisotopic (exact) mass is 318 g/mol. The fourth-order valence-electron chi connectivity index (χ4n) is 1.92. The van der Waals surface area contributed by atoms with Crippen LogP contribution in [0, 0.1) is 13.8 Å². The Hall–Kier alpha value is -1.22. The van der Waals surface area contributed by atoms with E-state index in [1.165, 1.54) is 16.7 Å². The van der Waals surface area contributed by atoms with Crippen LogP contribution in [0.3, 0.4) is 0 Å². The van der Waals surface area contributed by atoms with Crippen molar-refractivity contribution in [3.8, 4) is 11.3 Å². The van der Waals surface area contributed by atoms with Crippen molar-refractivity contribution in [1.29, 1.82) is 0 Å². The summed E-state index contributed by atoms with van der Waals surface area (Å²) in [7, 11) is 0. The van der Waals surface area contributed by atoms with Crippen molar-refractivity contribution in [3.05, 3.63) is 45.8 Å². The molecule has 2 rings (SSSR count). The zero-order chi connectivity index (χ0) is 14.2. The highest BCUT2D eigenvalue weighted by molar-refractivity contribution is 9.10. The number of aromatic nitrogens is 2. The van der Waals surface area contributed by atoms with Crippen molar-refractivity contribution in [3.63, 3.8) is 0 Å². The van der Waals surface area contributed by atoms with E-state index in [0.717, 1.165) is 16.1 Å². The van der Waals surface area contributed by atoms with E-state index in [0.29, 0.717) is 0 Å². The van der Waals surface area contributed by atoms with Crippen LogP contribution in [0.1, 0.15) is 37.7 Å². The number of hydrogen-bond acceptors (Lipinski definition) is 2. The molecular weight excluding hydrogens is 300 g/mol. The Balaban J connectivity index is 2.63. The van der Waals surface area contributed by atoms with Gasteiger partial charge in [-0.15, -0.1) is 0 Å². The van der Waals surface area contributed by atoms with Gasteiger partial charge in [-0.05, 0) is 47.0 Å². The molecule has 0 saturated carbocycles. The van der Waals surface area contributed by atoms with Gasteiger partial charge in [-0.2, -0.15) is 0 Å². The Labute approximate surface area is 123 Å². The van der Waals surface area contributed by atoms with Crippen LogP contribution in [-0.2, 0) is 5.41 Å². The molecule has 0 atom stereocenters. The number of hydrogen-bond donors (Lipinski definition) is 0. The lowest BCUT2D eigenvalue weighted by Gasteiger charge is -2.18. The third-order valence-electron chi connectivity index (χ3n) is 3.25. The molecule has 2 nitrogen and oxygen atoms in total. The molecule has 0 saturated heterocycles. The summed E-state index contributed by atoms with van der Waals surface area (Å²) in [6, 6.07) is 8.30. The molecule has 3 heteroatoms. The zero-order valence-corrected chi connectivity index (χ0v) is 13.7. The Kier molecular flexibility index (Phi) is 3.77. The minimum atomic E-state index is -0.0593. The van der Waals surface area contributed by atoms with E-state index >= 15 is 0 Å². The number of nitrogens with zero attached hydrogens (tertiary/aromatic N) is 2. The van der Waals surface area contributed by atoms with Gasteiger partial charge in [0.2, 0.25) is 0 Å². The van der Waals surface area contributed by atoms with E-state index in [1.807, 2.05) is 6.07 Å². The molecule has 0 amide bonds. The maximum absolute atomic E-state index is 4.74. The number of halogens is 1. The second kappa shape index (κ2) is 5.04.